The molecule has 1 aliphatic rings. The predicted molar refractivity (Wildman–Crippen MR) is 31.3 cm³/mol. The van der Waals surface area contributed by atoms with Crippen molar-refractivity contribution in [1.29, 1.82) is 0 Å². The van der Waals surface area contributed by atoms with Crippen LogP contribution in [0.15, 0.2) is 0 Å². The molecule has 1 nitrogen and oxygen atoms in total. The van der Waals surface area contributed by atoms with E-state index in [-0.39, 0.29) is 0 Å². The lowest BCUT2D eigenvalue weighted by Crippen LogP contribution is -2.30. The maximum atomic E-state index is 7.58. The lowest BCUT2D eigenvalue weighted by molar-refractivity contribution is 0.425. The van der Waals surface area contributed by atoms with Gasteiger partial charge in [-0.25, -0.2) is 0 Å². The summed E-state index contributed by atoms with van der Waals surface area (Å²) >= 11 is 0. The number of nitrogens with one attached hydrogen (secondary N) is 1. The molecule has 1 atom stereocenters. The fourth-order valence-corrected chi connectivity index (χ4v) is 0.312. The van der Waals surface area contributed by atoms with Crippen LogP contribution in [0.3, 0.4) is 0 Å². The average Bonchev–Trinajstić information content (AvgIpc) is 1.98. The fraction of sp³-hybridized carbons (Fsp3) is 1.00. The molecule has 0 aromatic carbocycles. The van der Waals surface area contributed by atoms with Gasteiger partial charge in [-0.2, -0.15) is 0 Å². The van der Waals surface area contributed by atoms with Crippen LogP contribution in [0, 0.1) is 0 Å². The van der Waals surface area contributed by atoms with E-state index in [0.717, 1.165) is 6.92 Å². The van der Waals surface area contributed by atoms with Gasteiger partial charge in [-0.3, -0.25) is 0 Å². The molecule has 7 heavy (non-hydrogen) atoms. The summed E-state index contributed by atoms with van der Waals surface area (Å²) in [5.74, 6) is 0. The van der Waals surface area contributed by atoms with Gasteiger partial charge in [-0.15, -0.1) is 0 Å². The fourth-order valence-electron chi connectivity index (χ4n) is 0.312. The molecule has 1 aliphatic heterocycles. The van der Waals surface area contributed by atoms with Crippen LogP contribution in [0.25, 0.3) is 0 Å². The molecule has 0 amide bonds. The van der Waals surface area contributed by atoms with E-state index in [0.29, 0.717) is 0 Å². The second-order valence-electron chi connectivity index (χ2n) is 1.25. The Bertz CT molecular complexity index is 279. The molecule has 1 N–H and O–H groups in total. The van der Waals surface area contributed by atoms with Crippen molar-refractivity contribution in [1.82, 2.24) is 5.32 Å². The normalized spacial score (nSPS) is 91.3. The maximum Gasteiger partial charge on any atom is 0.0462 e. The van der Waals surface area contributed by atoms with Crippen LogP contribution in [-0.4, -0.2) is 12.5 Å². The standard InChI is InChI=1S/C6H13N/c1-6-4-2-3-5-7-6/h6-7H,2-5H2,1H3/i2D2,3D2,4D2,5D2,6D. The maximum absolute atomic E-state index is 7.58. The molecule has 0 bridgehead atoms. The van der Waals surface area contributed by atoms with E-state index in [2.05, 4.69) is 0 Å². The minimum Gasteiger partial charge on any atom is -0.314 e. The first kappa shape index (κ1) is 0.971. The highest BCUT2D eigenvalue weighted by Crippen LogP contribution is 2.04. The number of hydrogen-bond acceptors (Lipinski definition) is 1. The van der Waals surface area contributed by atoms with Crippen molar-refractivity contribution in [2.45, 2.75) is 32.1 Å². The van der Waals surface area contributed by atoms with Gasteiger partial charge in [0.25, 0.3) is 0 Å². The van der Waals surface area contributed by atoms with Gasteiger partial charge >= 0.3 is 0 Å². The van der Waals surface area contributed by atoms with Crippen molar-refractivity contribution in [2.24, 2.45) is 0 Å². The lowest BCUT2D eigenvalue weighted by atomic mass is 10.1. The van der Waals surface area contributed by atoms with E-state index in [1.165, 1.54) is 0 Å². The molecule has 1 rings (SSSR count). The third-order valence-corrected chi connectivity index (χ3v) is 0.625. The Morgan fingerprint density at radius 3 is 3.57 bits per heavy atom. The van der Waals surface area contributed by atoms with Crippen molar-refractivity contribution >= 4 is 0 Å². The molecule has 1 fully saturated rings. The number of hydrogen-bond donors (Lipinski definition) is 1. The molecule has 0 aliphatic carbocycles. The van der Waals surface area contributed by atoms with Gasteiger partial charge in [0.05, 0.1) is 0 Å². The Morgan fingerprint density at radius 1 is 1.86 bits per heavy atom. The zero-order chi connectivity index (χ0) is 13.2. The molecule has 0 aromatic rings. The van der Waals surface area contributed by atoms with E-state index in [1.807, 2.05) is 5.32 Å². The summed E-state index contributed by atoms with van der Waals surface area (Å²) in [5.41, 5.74) is 0. The van der Waals surface area contributed by atoms with Gasteiger partial charge in [-0.1, -0.05) is 6.37 Å². The van der Waals surface area contributed by atoms with Crippen molar-refractivity contribution in [3.05, 3.63) is 0 Å². The summed E-state index contributed by atoms with van der Waals surface area (Å²) < 4.78 is 67.0. The molecule has 0 saturated carbocycles. The predicted octanol–water partition coefficient (Wildman–Crippen LogP) is 1.15. The van der Waals surface area contributed by atoms with E-state index in [1.54, 1.807) is 0 Å². The van der Waals surface area contributed by atoms with Gasteiger partial charge in [0.1, 0.15) is 0 Å². The Morgan fingerprint density at radius 2 is 2.71 bits per heavy atom. The van der Waals surface area contributed by atoms with Crippen LogP contribution in [0.2, 0.25) is 0 Å². The van der Waals surface area contributed by atoms with Crippen molar-refractivity contribution < 1.29 is 12.3 Å². The average molecular weight is 108 g/mol. The molecular weight excluding hydrogens is 86.1 g/mol. The van der Waals surface area contributed by atoms with Crippen LogP contribution in [-0.2, 0) is 0 Å². The highest BCUT2D eigenvalue weighted by Gasteiger charge is 2.04. The van der Waals surface area contributed by atoms with Gasteiger partial charge in [-0.05, 0) is 26.2 Å². The number of rotatable bonds is 0. The summed E-state index contributed by atoms with van der Waals surface area (Å²) in [4.78, 5) is 0. The van der Waals surface area contributed by atoms with Crippen LogP contribution in [0.1, 0.15) is 38.4 Å². The molecule has 1 saturated heterocycles. The number of piperidine rings is 1. The molecule has 0 radical (unpaired) electrons. The van der Waals surface area contributed by atoms with Gasteiger partial charge in [0.2, 0.25) is 0 Å². The molecule has 0 aromatic heterocycles. The minimum atomic E-state index is -3.12. The van der Waals surface area contributed by atoms with E-state index >= 15 is 0 Å². The van der Waals surface area contributed by atoms with Gasteiger partial charge < -0.3 is 5.32 Å². The largest absolute Gasteiger partial charge is 0.314 e. The Kier molecular flexibility index (Phi) is 0.321. The first-order chi connectivity index (χ1) is 6.71. The molecule has 1 heteroatoms. The molecule has 42 valence electrons. The Hall–Kier alpha value is -0.0400. The minimum absolute atomic E-state index is 0.984. The SMILES string of the molecule is [2H]C1([2H])NC([2H])(C)C([2H])([2H])C([2H])([2H])C1([2H])[2H]. The molecule has 1 heterocycles. The van der Waals surface area contributed by atoms with Crippen molar-refractivity contribution in [2.75, 3.05) is 6.50 Å². The van der Waals surface area contributed by atoms with Crippen molar-refractivity contribution in [3.63, 3.8) is 0 Å². The lowest BCUT2D eigenvalue weighted by Gasteiger charge is -2.18. The summed E-state index contributed by atoms with van der Waals surface area (Å²) in [6.07, 6.45) is -9.07. The van der Waals surface area contributed by atoms with Gasteiger partial charge in [0, 0.05) is 18.4 Å². The summed E-state index contributed by atoms with van der Waals surface area (Å²) in [6.45, 7) is -1.84. The summed E-state index contributed by atoms with van der Waals surface area (Å²) in [7, 11) is 0. The third kappa shape index (κ3) is 1.48. The second kappa shape index (κ2) is 2.31. The van der Waals surface area contributed by atoms with Crippen LogP contribution < -0.4 is 5.32 Å². The van der Waals surface area contributed by atoms with E-state index in [9.17, 15) is 0 Å². The third-order valence-electron chi connectivity index (χ3n) is 0.625. The zero-order valence-electron chi connectivity index (χ0n) is 13.0. The highest BCUT2D eigenvalue weighted by atomic mass is 14.9. The second-order valence-corrected chi connectivity index (χ2v) is 1.25. The summed E-state index contributed by atoms with van der Waals surface area (Å²) in [5, 5.41) is 1.88. The van der Waals surface area contributed by atoms with E-state index in [4.69, 9.17) is 12.3 Å². The smallest absolute Gasteiger partial charge is 0.0462 e. The first-order valence-electron chi connectivity index (χ1n) is 6.50. The Labute approximate surface area is 57.8 Å². The highest BCUT2D eigenvalue weighted by molar-refractivity contribution is 4.65. The van der Waals surface area contributed by atoms with Crippen LogP contribution in [0.4, 0.5) is 0 Å². The van der Waals surface area contributed by atoms with Gasteiger partial charge in [0.15, 0.2) is 0 Å². The topological polar surface area (TPSA) is 12.0 Å². The zero-order valence-corrected chi connectivity index (χ0v) is 4.00. The molecular formula is C6H13N. The monoisotopic (exact) mass is 108 g/mol. The quantitative estimate of drug-likeness (QED) is 0.491. The van der Waals surface area contributed by atoms with Crippen LogP contribution in [0.5, 0.6) is 0 Å². The Balaban J connectivity index is 3.43. The van der Waals surface area contributed by atoms with Crippen LogP contribution >= 0.6 is 0 Å². The first-order valence-corrected chi connectivity index (χ1v) is 2.00. The molecule has 0 spiro atoms. The summed E-state index contributed by atoms with van der Waals surface area (Å²) in [6, 6.07) is -2.26. The molecule has 1 unspecified atom stereocenters. The van der Waals surface area contributed by atoms with E-state index < -0.39 is 31.6 Å². The van der Waals surface area contributed by atoms with Crippen molar-refractivity contribution in [3.8, 4) is 0 Å².